The summed E-state index contributed by atoms with van der Waals surface area (Å²) in [5.74, 6) is 0.777. The van der Waals surface area contributed by atoms with Crippen molar-refractivity contribution in [2.75, 3.05) is 26.1 Å². The first-order valence-corrected chi connectivity index (χ1v) is 10.1. The normalized spacial score (nSPS) is 10.8. The van der Waals surface area contributed by atoms with Crippen LogP contribution in [0, 0.1) is 0 Å². The number of aromatic nitrogens is 3. The van der Waals surface area contributed by atoms with Crippen molar-refractivity contribution in [1.29, 1.82) is 0 Å². The minimum absolute atomic E-state index is 0.173. The quantitative estimate of drug-likeness (QED) is 0.565. The fourth-order valence-electron chi connectivity index (χ4n) is 3.42. The molecule has 1 N–H and O–H groups in total. The summed E-state index contributed by atoms with van der Waals surface area (Å²) in [7, 11) is 4.49. The number of fused-ring (bicyclic) bond motifs is 1. The highest BCUT2D eigenvalue weighted by Gasteiger charge is 2.20. The summed E-state index contributed by atoms with van der Waals surface area (Å²) in [4.78, 5) is 43.0. The molecule has 170 valence electrons. The molecule has 1 amide bonds. The van der Waals surface area contributed by atoms with E-state index in [1.54, 1.807) is 24.4 Å². The van der Waals surface area contributed by atoms with Gasteiger partial charge in [-0.15, -0.1) is 0 Å². The van der Waals surface area contributed by atoms with Gasteiger partial charge >= 0.3 is 5.69 Å². The lowest BCUT2D eigenvalue weighted by molar-refractivity contribution is -0.116. The highest BCUT2D eigenvalue weighted by molar-refractivity contribution is 5.91. The van der Waals surface area contributed by atoms with Gasteiger partial charge in [-0.1, -0.05) is 6.92 Å². The van der Waals surface area contributed by atoms with Crippen LogP contribution < -0.4 is 30.8 Å². The van der Waals surface area contributed by atoms with E-state index in [0.29, 0.717) is 36.0 Å². The molecular weight excluding hydrogens is 416 g/mol. The minimum atomic E-state index is -0.649. The van der Waals surface area contributed by atoms with Gasteiger partial charge in [0, 0.05) is 30.6 Å². The number of pyridine rings is 1. The molecule has 0 fully saturated rings. The highest BCUT2D eigenvalue weighted by atomic mass is 16.5. The molecule has 0 bridgehead atoms. The molecular formula is C22H26N4O6. The Morgan fingerprint density at radius 3 is 2.47 bits per heavy atom. The van der Waals surface area contributed by atoms with Crippen molar-refractivity contribution in [3.8, 4) is 17.2 Å². The number of carbonyl (C=O) groups is 1. The van der Waals surface area contributed by atoms with E-state index in [4.69, 9.17) is 14.2 Å². The predicted molar refractivity (Wildman–Crippen MR) is 120 cm³/mol. The van der Waals surface area contributed by atoms with Crippen molar-refractivity contribution in [1.82, 2.24) is 14.1 Å². The van der Waals surface area contributed by atoms with Gasteiger partial charge in [0.25, 0.3) is 5.56 Å². The zero-order chi connectivity index (χ0) is 23.4. The third-order valence-corrected chi connectivity index (χ3v) is 5.02. The number of rotatable bonds is 8. The first-order chi connectivity index (χ1) is 15.4. The Morgan fingerprint density at radius 1 is 1.12 bits per heavy atom. The van der Waals surface area contributed by atoms with Crippen molar-refractivity contribution in [2.45, 2.75) is 26.8 Å². The lowest BCUT2D eigenvalue weighted by Crippen LogP contribution is -2.42. The molecule has 0 aliphatic rings. The maximum Gasteiger partial charge on any atom is 0.332 e. The number of hydrogen-bond donors (Lipinski definition) is 1. The van der Waals surface area contributed by atoms with Crippen LogP contribution in [0.25, 0.3) is 11.0 Å². The molecule has 0 unspecified atom stereocenters. The second-order valence-corrected chi connectivity index (χ2v) is 6.95. The van der Waals surface area contributed by atoms with Crippen molar-refractivity contribution >= 4 is 22.6 Å². The van der Waals surface area contributed by atoms with Crippen molar-refractivity contribution in [3.63, 3.8) is 0 Å². The van der Waals surface area contributed by atoms with E-state index in [1.165, 1.54) is 25.8 Å². The number of methoxy groups -OCH3 is 2. The molecule has 2 heterocycles. The third-order valence-electron chi connectivity index (χ3n) is 5.02. The Kier molecular flexibility index (Phi) is 6.82. The van der Waals surface area contributed by atoms with E-state index in [2.05, 4.69) is 10.3 Å². The fraction of sp³-hybridized carbons (Fsp3) is 0.364. The van der Waals surface area contributed by atoms with Gasteiger partial charge in [0.15, 0.2) is 17.1 Å². The maximum atomic E-state index is 13.3. The van der Waals surface area contributed by atoms with Gasteiger partial charge < -0.3 is 19.5 Å². The van der Waals surface area contributed by atoms with Gasteiger partial charge in [-0.2, -0.15) is 0 Å². The van der Waals surface area contributed by atoms with Gasteiger partial charge in [-0.05, 0) is 25.5 Å². The molecule has 0 atom stereocenters. The number of hydrogen-bond acceptors (Lipinski definition) is 7. The topological polar surface area (TPSA) is 114 Å². The van der Waals surface area contributed by atoms with Gasteiger partial charge in [0.2, 0.25) is 5.91 Å². The van der Waals surface area contributed by atoms with Gasteiger partial charge in [0.05, 0.1) is 20.8 Å². The minimum Gasteiger partial charge on any atom is -0.493 e. The summed E-state index contributed by atoms with van der Waals surface area (Å²) < 4.78 is 18.3. The molecule has 3 aromatic rings. The van der Waals surface area contributed by atoms with Crippen molar-refractivity contribution in [3.05, 3.63) is 50.8 Å². The summed E-state index contributed by atoms with van der Waals surface area (Å²) in [6.45, 7) is 3.59. The Balaban J connectivity index is 2.03. The number of carbonyl (C=O) groups excluding carboxylic acids is 1. The number of ether oxygens (including phenoxy) is 3. The molecule has 3 rings (SSSR count). The van der Waals surface area contributed by atoms with Crippen LogP contribution in [0.5, 0.6) is 17.2 Å². The van der Waals surface area contributed by atoms with Gasteiger partial charge in [-0.3, -0.25) is 14.2 Å². The highest BCUT2D eigenvalue weighted by Crippen LogP contribution is 2.29. The summed E-state index contributed by atoms with van der Waals surface area (Å²) in [6, 6.07) is 4.86. The van der Waals surface area contributed by atoms with E-state index >= 15 is 0 Å². The molecule has 0 radical (unpaired) electrons. The Labute approximate surface area is 184 Å². The van der Waals surface area contributed by atoms with E-state index in [0.717, 1.165) is 10.1 Å². The first-order valence-electron chi connectivity index (χ1n) is 10.1. The molecule has 10 nitrogen and oxygen atoms in total. The fourth-order valence-corrected chi connectivity index (χ4v) is 3.42. The lowest BCUT2D eigenvalue weighted by Gasteiger charge is -2.15. The number of nitrogens with zero attached hydrogens (tertiary/aromatic N) is 3. The van der Waals surface area contributed by atoms with Crippen LogP contribution in [-0.4, -0.2) is 40.9 Å². The van der Waals surface area contributed by atoms with E-state index in [-0.39, 0.29) is 11.0 Å². The van der Waals surface area contributed by atoms with Crippen LogP contribution in [0.15, 0.2) is 34.0 Å². The van der Waals surface area contributed by atoms with Crippen molar-refractivity contribution in [2.24, 2.45) is 7.05 Å². The first kappa shape index (κ1) is 22.9. The number of benzene rings is 1. The van der Waals surface area contributed by atoms with Crippen LogP contribution in [0.4, 0.5) is 5.69 Å². The average Bonchev–Trinajstić information content (AvgIpc) is 2.80. The summed E-state index contributed by atoms with van der Waals surface area (Å²) in [6.07, 6.45) is 2.20. The summed E-state index contributed by atoms with van der Waals surface area (Å²) >= 11 is 0. The Hall–Kier alpha value is -3.82. The second-order valence-electron chi connectivity index (χ2n) is 6.95. The number of amides is 1. The molecule has 0 saturated heterocycles. The average molecular weight is 442 g/mol. The van der Waals surface area contributed by atoms with Gasteiger partial charge in [-0.25, -0.2) is 14.3 Å². The van der Waals surface area contributed by atoms with E-state index < -0.39 is 23.7 Å². The van der Waals surface area contributed by atoms with Crippen LogP contribution in [0.2, 0.25) is 0 Å². The van der Waals surface area contributed by atoms with E-state index in [1.807, 2.05) is 13.8 Å². The number of anilines is 1. The van der Waals surface area contributed by atoms with Gasteiger partial charge in [0.1, 0.15) is 17.7 Å². The van der Waals surface area contributed by atoms with Crippen LogP contribution >= 0.6 is 0 Å². The lowest BCUT2D eigenvalue weighted by atomic mass is 10.1. The van der Waals surface area contributed by atoms with Crippen molar-refractivity contribution < 1.29 is 19.0 Å². The van der Waals surface area contributed by atoms with Crippen LogP contribution in [0.3, 0.4) is 0 Å². The second kappa shape index (κ2) is 9.54. The predicted octanol–water partition coefficient (Wildman–Crippen LogP) is 1.71. The molecule has 0 aliphatic heterocycles. The Bertz CT molecular complexity index is 1280. The maximum absolute atomic E-state index is 13.3. The standard InChI is InChI=1S/C22H26N4O6/c1-6-13-11-23-20-18(19(13)32-7-2)21(28)26(22(29)25(20)3)12-17(27)24-14-8-9-15(30-4)16(10-14)31-5/h8-11H,6-7,12H2,1-5H3,(H,24,27). The smallest absolute Gasteiger partial charge is 0.332 e. The van der Waals surface area contributed by atoms with Crippen LogP contribution in [-0.2, 0) is 24.8 Å². The molecule has 32 heavy (non-hydrogen) atoms. The summed E-state index contributed by atoms with van der Waals surface area (Å²) in [5, 5.41) is 2.84. The number of nitrogens with one attached hydrogen (secondary N) is 1. The largest absolute Gasteiger partial charge is 0.493 e. The van der Waals surface area contributed by atoms with Crippen LogP contribution in [0.1, 0.15) is 19.4 Å². The molecule has 0 aliphatic carbocycles. The third kappa shape index (κ3) is 4.16. The zero-order valence-corrected chi connectivity index (χ0v) is 18.7. The molecule has 2 aromatic heterocycles. The monoisotopic (exact) mass is 442 g/mol. The molecule has 10 heteroatoms. The molecule has 0 saturated carbocycles. The zero-order valence-electron chi connectivity index (χ0n) is 18.7. The summed E-state index contributed by atoms with van der Waals surface area (Å²) in [5.41, 5.74) is 0.109. The Morgan fingerprint density at radius 2 is 1.84 bits per heavy atom. The number of aryl methyl sites for hydroxylation is 2. The SMILES string of the molecule is CCOc1c(CC)cnc2c1c(=O)n(CC(=O)Nc1ccc(OC)c(OC)c1)c(=O)n2C. The van der Waals surface area contributed by atoms with E-state index in [9.17, 15) is 14.4 Å². The molecule has 1 aromatic carbocycles. The molecule has 0 spiro atoms.